The van der Waals surface area contributed by atoms with Gasteiger partial charge in [0.1, 0.15) is 13.2 Å². The number of para-hydroxylation sites is 1. The Bertz CT molecular complexity index is 504. The highest BCUT2D eigenvalue weighted by Crippen LogP contribution is 2.35. The smallest absolute Gasteiger partial charge is 0.258 e. The van der Waals surface area contributed by atoms with Crippen molar-refractivity contribution in [1.29, 1.82) is 0 Å². The fraction of sp³-hybridized carbons (Fsp3) is 0.533. The minimum atomic E-state index is 0.00231. The Labute approximate surface area is 118 Å². The van der Waals surface area contributed by atoms with Crippen LogP contribution in [0, 0.1) is 0 Å². The zero-order valence-electron chi connectivity index (χ0n) is 11.5. The third kappa shape index (κ3) is 2.33. The first-order valence-corrected chi connectivity index (χ1v) is 7.21. The number of nitrogens with two attached hydrogens (primary N) is 1. The zero-order valence-corrected chi connectivity index (χ0v) is 11.5. The molecule has 3 rings (SSSR count). The summed E-state index contributed by atoms with van der Waals surface area (Å²) in [6.45, 7) is 2.29. The van der Waals surface area contributed by atoms with Crippen molar-refractivity contribution in [2.24, 2.45) is 5.73 Å². The zero-order chi connectivity index (χ0) is 13.9. The van der Waals surface area contributed by atoms with Crippen molar-refractivity contribution >= 4 is 5.91 Å². The summed E-state index contributed by atoms with van der Waals surface area (Å²) in [4.78, 5) is 14.7. The van der Waals surface area contributed by atoms with Gasteiger partial charge in [0, 0.05) is 19.1 Å². The van der Waals surface area contributed by atoms with Crippen LogP contribution in [0.25, 0.3) is 0 Å². The number of ether oxygens (including phenoxy) is 2. The Morgan fingerprint density at radius 3 is 3.00 bits per heavy atom. The molecule has 0 radical (unpaired) electrons. The number of hydrogen-bond donors (Lipinski definition) is 1. The molecular formula is C15H20N2O3. The van der Waals surface area contributed by atoms with E-state index in [0.29, 0.717) is 36.8 Å². The molecule has 108 valence electrons. The van der Waals surface area contributed by atoms with Gasteiger partial charge < -0.3 is 20.1 Å². The van der Waals surface area contributed by atoms with Crippen LogP contribution < -0.4 is 15.2 Å². The quantitative estimate of drug-likeness (QED) is 0.887. The third-order valence-corrected chi connectivity index (χ3v) is 3.96. The van der Waals surface area contributed by atoms with Crippen LogP contribution in [0.15, 0.2) is 18.2 Å². The van der Waals surface area contributed by atoms with Crippen LogP contribution in [0.2, 0.25) is 0 Å². The highest BCUT2D eigenvalue weighted by atomic mass is 16.6. The Morgan fingerprint density at radius 1 is 1.30 bits per heavy atom. The largest absolute Gasteiger partial charge is 0.486 e. The van der Waals surface area contributed by atoms with Crippen molar-refractivity contribution in [3.63, 3.8) is 0 Å². The molecule has 0 bridgehead atoms. The fourth-order valence-corrected chi connectivity index (χ4v) is 2.91. The summed E-state index contributed by atoms with van der Waals surface area (Å²) in [5.41, 5.74) is 6.38. The first-order chi connectivity index (χ1) is 9.81. The van der Waals surface area contributed by atoms with E-state index in [1.54, 1.807) is 6.07 Å². The van der Waals surface area contributed by atoms with E-state index in [1.807, 2.05) is 17.0 Å². The molecular weight excluding hydrogens is 256 g/mol. The third-order valence-electron chi connectivity index (χ3n) is 3.96. The van der Waals surface area contributed by atoms with E-state index in [1.165, 1.54) is 0 Å². The maximum Gasteiger partial charge on any atom is 0.258 e. The van der Waals surface area contributed by atoms with Crippen LogP contribution in [0.1, 0.15) is 29.6 Å². The van der Waals surface area contributed by atoms with Crippen LogP contribution in [-0.2, 0) is 0 Å². The Balaban J connectivity index is 1.90. The molecule has 0 spiro atoms. The summed E-state index contributed by atoms with van der Waals surface area (Å²) in [5.74, 6) is 1.23. The lowest BCUT2D eigenvalue weighted by molar-refractivity contribution is 0.0614. The summed E-state index contributed by atoms with van der Waals surface area (Å²) in [6, 6.07) is 5.61. The SMILES string of the molecule is NC[C@H]1CCCCN1C(=O)c1cccc2c1OCCO2. The van der Waals surface area contributed by atoms with Crippen molar-refractivity contribution in [3.05, 3.63) is 23.8 Å². The van der Waals surface area contributed by atoms with Gasteiger partial charge in [-0.2, -0.15) is 0 Å². The van der Waals surface area contributed by atoms with E-state index in [2.05, 4.69) is 0 Å². The van der Waals surface area contributed by atoms with Gasteiger partial charge in [0.15, 0.2) is 11.5 Å². The number of carbonyl (C=O) groups is 1. The number of piperidine rings is 1. The first-order valence-electron chi connectivity index (χ1n) is 7.21. The van der Waals surface area contributed by atoms with Gasteiger partial charge in [0.25, 0.3) is 5.91 Å². The van der Waals surface area contributed by atoms with E-state index in [0.717, 1.165) is 25.8 Å². The van der Waals surface area contributed by atoms with Gasteiger partial charge in [-0.1, -0.05) is 6.07 Å². The maximum absolute atomic E-state index is 12.8. The lowest BCUT2D eigenvalue weighted by atomic mass is 10.0. The molecule has 0 aromatic heterocycles. The van der Waals surface area contributed by atoms with Crippen LogP contribution in [0.4, 0.5) is 0 Å². The minimum absolute atomic E-state index is 0.00231. The van der Waals surface area contributed by atoms with Crippen molar-refractivity contribution in [1.82, 2.24) is 4.90 Å². The van der Waals surface area contributed by atoms with Crippen molar-refractivity contribution in [2.75, 3.05) is 26.3 Å². The number of amides is 1. The highest BCUT2D eigenvalue weighted by Gasteiger charge is 2.29. The Hall–Kier alpha value is -1.75. The van der Waals surface area contributed by atoms with Crippen LogP contribution in [0.3, 0.4) is 0 Å². The van der Waals surface area contributed by atoms with Crippen LogP contribution in [0.5, 0.6) is 11.5 Å². The first kappa shape index (κ1) is 13.2. The highest BCUT2D eigenvalue weighted by molar-refractivity contribution is 5.98. The summed E-state index contributed by atoms with van der Waals surface area (Å²) < 4.78 is 11.2. The standard InChI is InChI=1S/C15H20N2O3/c16-10-11-4-1-2-7-17(11)15(18)12-5-3-6-13-14(12)20-9-8-19-13/h3,5-6,11H,1-2,4,7-10,16H2/t11-/m1/s1. The van der Waals surface area contributed by atoms with Gasteiger partial charge in [-0.3, -0.25) is 4.79 Å². The molecule has 1 saturated heterocycles. The molecule has 2 heterocycles. The van der Waals surface area contributed by atoms with Gasteiger partial charge in [-0.05, 0) is 31.4 Å². The van der Waals surface area contributed by atoms with Crippen molar-refractivity contribution in [3.8, 4) is 11.5 Å². The molecule has 0 unspecified atom stereocenters. The molecule has 0 saturated carbocycles. The van der Waals surface area contributed by atoms with Crippen molar-refractivity contribution < 1.29 is 14.3 Å². The maximum atomic E-state index is 12.8. The average molecular weight is 276 g/mol. The molecule has 2 aliphatic rings. The number of rotatable bonds is 2. The van der Waals surface area contributed by atoms with Crippen molar-refractivity contribution in [2.45, 2.75) is 25.3 Å². The van der Waals surface area contributed by atoms with E-state index in [-0.39, 0.29) is 11.9 Å². The van der Waals surface area contributed by atoms with Gasteiger partial charge in [0.2, 0.25) is 0 Å². The Kier molecular flexibility index (Phi) is 3.78. The number of carbonyl (C=O) groups excluding carboxylic acids is 1. The summed E-state index contributed by atoms with van der Waals surface area (Å²) in [5, 5.41) is 0. The second-order valence-electron chi connectivity index (χ2n) is 5.21. The number of fused-ring (bicyclic) bond motifs is 1. The predicted molar refractivity (Wildman–Crippen MR) is 75.2 cm³/mol. The molecule has 1 amide bonds. The second kappa shape index (κ2) is 5.71. The molecule has 1 fully saturated rings. The molecule has 1 aromatic carbocycles. The molecule has 2 N–H and O–H groups in total. The van der Waals surface area contributed by atoms with Crippen LogP contribution >= 0.6 is 0 Å². The topological polar surface area (TPSA) is 64.8 Å². The molecule has 1 aromatic rings. The van der Waals surface area contributed by atoms with Gasteiger partial charge in [-0.25, -0.2) is 0 Å². The monoisotopic (exact) mass is 276 g/mol. The minimum Gasteiger partial charge on any atom is -0.486 e. The molecule has 20 heavy (non-hydrogen) atoms. The van der Waals surface area contributed by atoms with E-state index >= 15 is 0 Å². The summed E-state index contributed by atoms with van der Waals surface area (Å²) >= 11 is 0. The van der Waals surface area contributed by atoms with Gasteiger partial charge >= 0.3 is 0 Å². The number of likely N-dealkylation sites (tertiary alicyclic amines) is 1. The normalized spacial score (nSPS) is 21.6. The average Bonchev–Trinajstić information content (AvgIpc) is 2.53. The number of benzene rings is 1. The van der Waals surface area contributed by atoms with E-state index in [9.17, 15) is 4.79 Å². The van der Waals surface area contributed by atoms with E-state index < -0.39 is 0 Å². The predicted octanol–water partition coefficient (Wildman–Crippen LogP) is 1.41. The molecule has 5 heteroatoms. The molecule has 1 atom stereocenters. The molecule has 0 aliphatic carbocycles. The summed E-state index contributed by atoms with van der Waals surface area (Å²) in [7, 11) is 0. The summed E-state index contributed by atoms with van der Waals surface area (Å²) in [6.07, 6.45) is 3.15. The molecule has 5 nitrogen and oxygen atoms in total. The number of hydrogen-bond acceptors (Lipinski definition) is 4. The fourth-order valence-electron chi connectivity index (χ4n) is 2.91. The lowest BCUT2D eigenvalue weighted by Crippen LogP contribution is -2.47. The van der Waals surface area contributed by atoms with Gasteiger partial charge in [0.05, 0.1) is 5.56 Å². The molecule has 2 aliphatic heterocycles. The van der Waals surface area contributed by atoms with Crippen LogP contribution in [-0.4, -0.2) is 43.2 Å². The second-order valence-corrected chi connectivity index (χ2v) is 5.21. The lowest BCUT2D eigenvalue weighted by Gasteiger charge is -2.35. The van der Waals surface area contributed by atoms with E-state index in [4.69, 9.17) is 15.2 Å². The Morgan fingerprint density at radius 2 is 2.15 bits per heavy atom. The van der Waals surface area contributed by atoms with Gasteiger partial charge in [-0.15, -0.1) is 0 Å². The number of nitrogens with zero attached hydrogens (tertiary/aromatic N) is 1.